The molecular weight excluding hydrogens is 246 g/mol. The lowest BCUT2D eigenvalue weighted by molar-refractivity contribution is -0.121. The number of carbonyl (C=O) groups is 1. The lowest BCUT2D eigenvalue weighted by Gasteiger charge is -2.22. The minimum Gasteiger partial charge on any atom is -0.363 e. The SMILES string of the molecule is CC12CC(C#N)CC1[C@H](Br)C(C=O)O2. The number of ether oxygens (including phenoxy) is 1. The van der Waals surface area contributed by atoms with Crippen molar-refractivity contribution in [3.05, 3.63) is 0 Å². The summed E-state index contributed by atoms with van der Waals surface area (Å²) in [5.74, 6) is 0.375. The molecule has 5 atom stereocenters. The van der Waals surface area contributed by atoms with Crippen LogP contribution in [0.2, 0.25) is 0 Å². The van der Waals surface area contributed by atoms with E-state index in [2.05, 4.69) is 22.0 Å². The van der Waals surface area contributed by atoms with Crippen LogP contribution >= 0.6 is 15.9 Å². The van der Waals surface area contributed by atoms with Crippen LogP contribution in [-0.2, 0) is 9.53 Å². The molecule has 3 nitrogen and oxygen atoms in total. The summed E-state index contributed by atoms with van der Waals surface area (Å²) in [5.41, 5.74) is -0.278. The van der Waals surface area contributed by atoms with Gasteiger partial charge in [0.2, 0.25) is 0 Å². The molecule has 0 spiro atoms. The Morgan fingerprint density at radius 2 is 2.43 bits per heavy atom. The summed E-state index contributed by atoms with van der Waals surface area (Å²) in [7, 11) is 0. The van der Waals surface area contributed by atoms with Gasteiger partial charge in [0.1, 0.15) is 12.4 Å². The lowest BCUT2D eigenvalue weighted by atomic mass is 9.92. The Bertz CT molecular complexity index is 301. The molecular formula is C10H12BrNO2. The predicted molar refractivity (Wildman–Crippen MR) is 53.9 cm³/mol. The molecule has 1 saturated carbocycles. The van der Waals surface area contributed by atoms with Crippen molar-refractivity contribution < 1.29 is 9.53 Å². The van der Waals surface area contributed by atoms with Crippen LogP contribution in [0.1, 0.15) is 19.8 Å². The smallest absolute Gasteiger partial charge is 0.149 e. The molecule has 2 rings (SSSR count). The van der Waals surface area contributed by atoms with Crippen molar-refractivity contribution in [2.24, 2.45) is 11.8 Å². The van der Waals surface area contributed by atoms with Crippen molar-refractivity contribution in [3.63, 3.8) is 0 Å². The molecule has 0 N–H and O–H groups in total. The third-order valence-corrected chi connectivity index (χ3v) is 4.55. The Hall–Kier alpha value is -0.400. The van der Waals surface area contributed by atoms with Gasteiger partial charge in [-0.3, -0.25) is 0 Å². The molecule has 76 valence electrons. The molecule has 0 radical (unpaired) electrons. The van der Waals surface area contributed by atoms with E-state index in [0.717, 1.165) is 19.1 Å². The Morgan fingerprint density at radius 1 is 1.71 bits per heavy atom. The molecule has 4 unspecified atom stereocenters. The van der Waals surface area contributed by atoms with Gasteiger partial charge in [-0.2, -0.15) is 5.26 Å². The van der Waals surface area contributed by atoms with Crippen molar-refractivity contribution in [2.75, 3.05) is 0 Å². The molecule has 4 heteroatoms. The number of hydrogen-bond acceptors (Lipinski definition) is 3. The van der Waals surface area contributed by atoms with E-state index in [9.17, 15) is 4.79 Å². The molecule has 0 amide bonds. The second-order valence-electron chi connectivity index (χ2n) is 4.35. The predicted octanol–water partition coefficient (Wildman–Crippen LogP) is 1.66. The fourth-order valence-electron chi connectivity index (χ4n) is 2.69. The van der Waals surface area contributed by atoms with Gasteiger partial charge in [-0.15, -0.1) is 0 Å². The maximum Gasteiger partial charge on any atom is 0.149 e. The number of fused-ring (bicyclic) bond motifs is 1. The second-order valence-corrected chi connectivity index (χ2v) is 5.41. The van der Waals surface area contributed by atoms with Gasteiger partial charge < -0.3 is 9.53 Å². The van der Waals surface area contributed by atoms with Crippen molar-refractivity contribution in [1.82, 2.24) is 0 Å². The van der Waals surface area contributed by atoms with E-state index in [-0.39, 0.29) is 22.5 Å². The highest BCUT2D eigenvalue weighted by Crippen LogP contribution is 2.51. The number of nitrogens with zero attached hydrogens (tertiary/aromatic N) is 1. The largest absolute Gasteiger partial charge is 0.363 e. The molecule has 0 aromatic carbocycles. The molecule has 14 heavy (non-hydrogen) atoms. The molecule has 1 heterocycles. The van der Waals surface area contributed by atoms with Gasteiger partial charge in [0.25, 0.3) is 0 Å². The average Bonchev–Trinajstić information content (AvgIpc) is 2.60. The van der Waals surface area contributed by atoms with Crippen molar-refractivity contribution in [3.8, 4) is 6.07 Å². The molecule has 1 aliphatic heterocycles. The molecule has 0 aromatic rings. The summed E-state index contributed by atoms with van der Waals surface area (Å²) in [6.45, 7) is 2.01. The normalized spacial score (nSPS) is 51.2. The molecule has 1 aliphatic carbocycles. The van der Waals surface area contributed by atoms with Crippen molar-refractivity contribution in [1.29, 1.82) is 5.26 Å². The van der Waals surface area contributed by atoms with E-state index in [0.29, 0.717) is 5.92 Å². The number of halogens is 1. The van der Waals surface area contributed by atoms with Gasteiger partial charge >= 0.3 is 0 Å². The highest BCUT2D eigenvalue weighted by atomic mass is 79.9. The first-order valence-electron chi connectivity index (χ1n) is 4.77. The molecule has 1 saturated heterocycles. The van der Waals surface area contributed by atoms with Crippen LogP contribution in [0, 0.1) is 23.2 Å². The fourth-order valence-corrected chi connectivity index (χ4v) is 3.70. The van der Waals surface area contributed by atoms with E-state index in [4.69, 9.17) is 10.00 Å². The highest BCUT2D eigenvalue weighted by molar-refractivity contribution is 9.09. The van der Waals surface area contributed by atoms with E-state index in [1.54, 1.807) is 0 Å². The summed E-state index contributed by atoms with van der Waals surface area (Å²) < 4.78 is 5.70. The van der Waals surface area contributed by atoms with Crippen LogP contribution in [-0.4, -0.2) is 22.8 Å². The third-order valence-electron chi connectivity index (χ3n) is 3.39. The summed E-state index contributed by atoms with van der Waals surface area (Å²) in [6, 6.07) is 2.28. The van der Waals surface area contributed by atoms with E-state index >= 15 is 0 Å². The zero-order valence-electron chi connectivity index (χ0n) is 7.94. The van der Waals surface area contributed by atoms with Gasteiger partial charge in [-0.25, -0.2) is 0 Å². The first kappa shape index (κ1) is 10.1. The van der Waals surface area contributed by atoms with Crippen LogP contribution in [0.3, 0.4) is 0 Å². The number of hydrogen-bond donors (Lipinski definition) is 0. The van der Waals surface area contributed by atoms with Gasteiger partial charge in [0, 0.05) is 11.8 Å². The van der Waals surface area contributed by atoms with Gasteiger partial charge in [0.05, 0.1) is 16.5 Å². The van der Waals surface area contributed by atoms with Crippen LogP contribution in [0.15, 0.2) is 0 Å². The van der Waals surface area contributed by atoms with Gasteiger partial charge in [-0.05, 0) is 19.8 Å². The molecule has 0 aromatic heterocycles. The van der Waals surface area contributed by atoms with Crippen LogP contribution in [0.4, 0.5) is 0 Å². The van der Waals surface area contributed by atoms with Gasteiger partial charge in [-0.1, -0.05) is 15.9 Å². The Morgan fingerprint density at radius 3 is 2.93 bits per heavy atom. The zero-order valence-corrected chi connectivity index (χ0v) is 9.53. The molecule has 2 fully saturated rings. The quantitative estimate of drug-likeness (QED) is 0.531. The zero-order chi connectivity index (χ0) is 10.3. The number of nitriles is 1. The maximum atomic E-state index is 10.7. The summed E-state index contributed by atoms with van der Waals surface area (Å²) in [6.07, 6.45) is 2.10. The lowest BCUT2D eigenvalue weighted by Crippen LogP contribution is -2.27. The summed E-state index contributed by atoms with van der Waals surface area (Å²) in [4.78, 5) is 10.8. The highest BCUT2D eigenvalue weighted by Gasteiger charge is 2.56. The van der Waals surface area contributed by atoms with Crippen LogP contribution < -0.4 is 0 Å². The van der Waals surface area contributed by atoms with Crippen molar-refractivity contribution >= 4 is 22.2 Å². The second kappa shape index (κ2) is 3.32. The van der Waals surface area contributed by atoms with Gasteiger partial charge in [0.15, 0.2) is 0 Å². The number of carbonyl (C=O) groups excluding carboxylic acids is 1. The average molecular weight is 258 g/mol. The minimum absolute atomic E-state index is 0.0725. The number of rotatable bonds is 1. The first-order chi connectivity index (χ1) is 6.60. The number of alkyl halides is 1. The first-order valence-corrected chi connectivity index (χ1v) is 5.69. The summed E-state index contributed by atoms with van der Waals surface area (Å²) in [5, 5.41) is 8.85. The Balaban J connectivity index is 2.20. The van der Waals surface area contributed by atoms with Crippen molar-refractivity contribution in [2.45, 2.75) is 36.3 Å². The monoisotopic (exact) mass is 257 g/mol. The van der Waals surface area contributed by atoms with Crippen LogP contribution in [0.5, 0.6) is 0 Å². The van der Waals surface area contributed by atoms with Crippen LogP contribution in [0.25, 0.3) is 0 Å². The Labute approximate surface area is 91.5 Å². The van der Waals surface area contributed by atoms with E-state index in [1.165, 1.54) is 0 Å². The molecule has 2 aliphatic rings. The van der Waals surface area contributed by atoms with E-state index < -0.39 is 0 Å². The van der Waals surface area contributed by atoms with E-state index in [1.807, 2.05) is 6.92 Å². The maximum absolute atomic E-state index is 10.7. The topological polar surface area (TPSA) is 50.1 Å². The fraction of sp³-hybridized carbons (Fsp3) is 0.800. The Kier molecular flexibility index (Phi) is 2.40. The minimum atomic E-state index is -0.343. The third kappa shape index (κ3) is 1.31. The summed E-state index contributed by atoms with van der Waals surface area (Å²) >= 11 is 3.50. The standard InChI is InChI=1S/C10H12BrNO2/c1-10-3-6(4-12)2-7(10)9(11)8(5-13)14-10/h5-9H,2-3H2,1H3/t6?,7?,8?,9-,10?/m0/s1. The number of aldehydes is 1. The molecule has 0 bridgehead atoms.